The Hall–Kier alpha value is -1.63. The molecule has 0 radical (unpaired) electrons. The summed E-state index contributed by atoms with van der Waals surface area (Å²) >= 11 is 0. The Labute approximate surface area is 112 Å². The molecule has 1 aliphatic rings. The second-order valence-corrected chi connectivity index (χ2v) is 4.95. The number of nitrogens with one attached hydrogen (secondary N) is 3. The van der Waals surface area contributed by atoms with Gasteiger partial charge in [-0.1, -0.05) is 13.8 Å². The highest BCUT2D eigenvalue weighted by atomic mass is 16.5. The van der Waals surface area contributed by atoms with Crippen LogP contribution in [0, 0.1) is 5.92 Å². The minimum absolute atomic E-state index is 0.102. The summed E-state index contributed by atoms with van der Waals surface area (Å²) in [5.41, 5.74) is 0. The zero-order valence-corrected chi connectivity index (χ0v) is 11.5. The van der Waals surface area contributed by atoms with Gasteiger partial charge in [0.2, 0.25) is 11.8 Å². The van der Waals surface area contributed by atoms with Crippen LogP contribution in [-0.2, 0) is 19.1 Å². The van der Waals surface area contributed by atoms with Gasteiger partial charge in [-0.25, -0.2) is 4.79 Å². The molecule has 0 spiro atoms. The highest BCUT2D eigenvalue weighted by molar-refractivity contribution is 5.90. The Balaban J connectivity index is 2.55. The van der Waals surface area contributed by atoms with E-state index >= 15 is 0 Å². The second-order valence-electron chi connectivity index (χ2n) is 4.95. The van der Waals surface area contributed by atoms with Crippen molar-refractivity contribution < 1.29 is 19.1 Å². The van der Waals surface area contributed by atoms with Crippen molar-refractivity contribution in [3.63, 3.8) is 0 Å². The van der Waals surface area contributed by atoms with Crippen LogP contribution in [0.15, 0.2) is 0 Å². The van der Waals surface area contributed by atoms with Crippen molar-refractivity contribution in [2.24, 2.45) is 5.92 Å². The SMILES string of the molecule is COC(=O)C(CC(C)C)NC(=O)C1CNC(=O)CN1. The molecule has 2 amide bonds. The molecule has 0 aromatic heterocycles. The highest BCUT2D eigenvalue weighted by Crippen LogP contribution is 2.06. The number of amides is 2. The number of methoxy groups -OCH3 is 1. The zero-order valence-electron chi connectivity index (χ0n) is 11.5. The Morgan fingerprint density at radius 3 is 2.63 bits per heavy atom. The van der Waals surface area contributed by atoms with E-state index in [9.17, 15) is 14.4 Å². The quantitative estimate of drug-likeness (QED) is 0.545. The predicted octanol–water partition coefficient (Wildman–Crippen LogP) is -1.22. The van der Waals surface area contributed by atoms with Crippen LogP contribution in [-0.4, -0.2) is 50.1 Å². The van der Waals surface area contributed by atoms with Gasteiger partial charge in [0.25, 0.3) is 0 Å². The van der Waals surface area contributed by atoms with Gasteiger partial charge in [0.1, 0.15) is 12.1 Å². The molecule has 7 nitrogen and oxygen atoms in total. The number of carbonyl (C=O) groups is 3. The largest absolute Gasteiger partial charge is 0.467 e. The molecular formula is C12H21N3O4. The van der Waals surface area contributed by atoms with Crippen LogP contribution in [0.3, 0.4) is 0 Å². The maximum absolute atomic E-state index is 12.0. The molecule has 2 unspecified atom stereocenters. The molecule has 1 rings (SSSR count). The van der Waals surface area contributed by atoms with Crippen LogP contribution in [0.4, 0.5) is 0 Å². The van der Waals surface area contributed by atoms with Crippen molar-refractivity contribution in [3.05, 3.63) is 0 Å². The Kier molecular flexibility index (Phi) is 5.75. The number of hydrogen-bond acceptors (Lipinski definition) is 5. The van der Waals surface area contributed by atoms with Gasteiger partial charge in [0, 0.05) is 6.54 Å². The molecule has 3 N–H and O–H groups in total. The standard InChI is InChI=1S/C12H21N3O4/c1-7(2)4-8(12(18)19-3)15-11(17)9-5-14-10(16)6-13-9/h7-9,13H,4-6H2,1-3H3,(H,14,16)(H,15,17). The average Bonchev–Trinajstić information content (AvgIpc) is 2.37. The maximum Gasteiger partial charge on any atom is 0.328 e. The van der Waals surface area contributed by atoms with Gasteiger partial charge < -0.3 is 15.4 Å². The van der Waals surface area contributed by atoms with Crippen LogP contribution in [0.5, 0.6) is 0 Å². The lowest BCUT2D eigenvalue weighted by Crippen LogP contribution is -2.60. The van der Waals surface area contributed by atoms with E-state index in [-0.39, 0.29) is 30.8 Å². The van der Waals surface area contributed by atoms with Gasteiger partial charge in [0.15, 0.2) is 0 Å². The van der Waals surface area contributed by atoms with Crippen LogP contribution < -0.4 is 16.0 Å². The zero-order chi connectivity index (χ0) is 14.4. The molecule has 108 valence electrons. The number of rotatable bonds is 5. The average molecular weight is 271 g/mol. The molecule has 0 aliphatic carbocycles. The van der Waals surface area contributed by atoms with Crippen molar-refractivity contribution in [2.75, 3.05) is 20.2 Å². The molecular weight excluding hydrogens is 250 g/mol. The van der Waals surface area contributed by atoms with E-state index < -0.39 is 18.1 Å². The Bertz CT molecular complexity index is 347. The molecule has 1 aliphatic heterocycles. The van der Waals surface area contributed by atoms with Crippen molar-refractivity contribution in [1.82, 2.24) is 16.0 Å². The van der Waals surface area contributed by atoms with E-state index in [0.29, 0.717) is 6.42 Å². The van der Waals surface area contributed by atoms with E-state index in [1.54, 1.807) is 0 Å². The van der Waals surface area contributed by atoms with E-state index in [1.807, 2.05) is 13.8 Å². The molecule has 1 saturated heterocycles. The number of carbonyl (C=O) groups excluding carboxylic acids is 3. The topological polar surface area (TPSA) is 96.5 Å². The molecule has 2 atom stereocenters. The molecule has 1 heterocycles. The van der Waals surface area contributed by atoms with Gasteiger partial charge in [0.05, 0.1) is 13.7 Å². The summed E-state index contributed by atoms with van der Waals surface area (Å²) in [6, 6.07) is -1.17. The lowest BCUT2D eigenvalue weighted by Gasteiger charge is -2.25. The van der Waals surface area contributed by atoms with Crippen molar-refractivity contribution >= 4 is 17.8 Å². The summed E-state index contributed by atoms with van der Waals surface area (Å²) in [7, 11) is 1.29. The minimum atomic E-state index is -0.656. The van der Waals surface area contributed by atoms with Crippen molar-refractivity contribution in [3.8, 4) is 0 Å². The van der Waals surface area contributed by atoms with Crippen LogP contribution in [0.25, 0.3) is 0 Å². The molecule has 1 fully saturated rings. The van der Waals surface area contributed by atoms with E-state index in [4.69, 9.17) is 0 Å². The van der Waals surface area contributed by atoms with Gasteiger partial charge >= 0.3 is 5.97 Å². The first-order valence-corrected chi connectivity index (χ1v) is 6.32. The van der Waals surface area contributed by atoms with Crippen LogP contribution in [0.2, 0.25) is 0 Å². The molecule has 0 saturated carbocycles. The third kappa shape index (κ3) is 4.86. The molecule has 0 bridgehead atoms. The summed E-state index contributed by atoms with van der Waals surface area (Å²) in [4.78, 5) is 34.5. The van der Waals surface area contributed by atoms with E-state index in [1.165, 1.54) is 7.11 Å². The third-order valence-electron chi connectivity index (χ3n) is 2.84. The summed E-state index contributed by atoms with van der Waals surface area (Å²) in [5.74, 6) is -0.655. The highest BCUT2D eigenvalue weighted by Gasteiger charge is 2.28. The first kappa shape index (κ1) is 15.4. The lowest BCUT2D eigenvalue weighted by molar-refractivity contribution is -0.146. The Morgan fingerprint density at radius 2 is 2.16 bits per heavy atom. The summed E-state index contributed by atoms with van der Waals surface area (Å²) in [6.45, 7) is 4.24. The van der Waals surface area contributed by atoms with Gasteiger partial charge in [-0.2, -0.15) is 0 Å². The van der Waals surface area contributed by atoms with Crippen LogP contribution in [0.1, 0.15) is 20.3 Å². The first-order valence-electron chi connectivity index (χ1n) is 6.32. The molecule has 19 heavy (non-hydrogen) atoms. The predicted molar refractivity (Wildman–Crippen MR) is 68.2 cm³/mol. The third-order valence-corrected chi connectivity index (χ3v) is 2.84. The maximum atomic E-state index is 12.0. The number of ether oxygens (including phenoxy) is 1. The van der Waals surface area contributed by atoms with E-state index in [0.717, 1.165) is 0 Å². The van der Waals surface area contributed by atoms with Gasteiger partial charge in [-0.3, -0.25) is 14.9 Å². The molecule has 0 aromatic carbocycles. The number of esters is 1. The fraction of sp³-hybridized carbons (Fsp3) is 0.750. The number of piperazine rings is 1. The summed E-state index contributed by atoms with van der Waals surface area (Å²) in [5, 5.41) is 8.06. The number of hydrogen-bond donors (Lipinski definition) is 3. The first-order chi connectivity index (χ1) is 8.93. The van der Waals surface area contributed by atoms with Crippen molar-refractivity contribution in [2.45, 2.75) is 32.4 Å². The normalized spacial score (nSPS) is 20.6. The van der Waals surface area contributed by atoms with Crippen LogP contribution >= 0.6 is 0 Å². The van der Waals surface area contributed by atoms with E-state index in [2.05, 4.69) is 20.7 Å². The monoisotopic (exact) mass is 271 g/mol. The second kappa shape index (κ2) is 7.08. The smallest absolute Gasteiger partial charge is 0.328 e. The van der Waals surface area contributed by atoms with Crippen molar-refractivity contribution in [1.29, 1.82) is 0 Å². The summed E-state index contributed by atoms with van der Waals surface area (Å²) < 4.78 is 4.67. The molecule has 7 heteroatoms. The Morgan fingerprint density at radius 1 is 1.47 bits per heavy atom. The summed E-state index contributed by atoms with van der Waals surface area (Å²) in [6.07, 6.45) is 0.511. The van der Waals surface area contributed by atoms with Gasteiger partial charge in [-0.05, 0) is 12.3 Å². The fourth-order valence-electron chi connectivity index (χ4n) is 1.85. The minimum Gasteiger partial charge on any atom is -0.467 e. The lowest BCUT2D eigenvalue weighted by atomic mass is 10.0. The molecule has 0 aromatic rings. The fourth-order valence-corrected chi connectivity index (χ4v) is 1.85. The van der Waals surface area contributed by atoms with Gasteiger partial charge in [-0.15, -0.1) is 0 Å².